The molecule has 1 aromatic carbocycles. The number of aliphatic carboxylic acids is 1. The molecule has 10 heteroatoms. The van der Waals surface area contributed by atoms with Crippen molar-refractivity contribution in [2.45, 2.75) is 66.9 Å². The van der Waals surface area contributed by atoms with Crippen molar-refractivity contribution in [1.82, 2.24) is 4.90 Å². The third-order valence-electron chi connectivity index (χ3n) is 5.38. The number of carboxylic acid groups (broad SMARTS) is 1. The van der Waals surface area contributed by atoms with Crippen LogP contribution in [0, 0.1) is 16.7 Å². The van der Waals surface area contributed by atoms with E-state index < -0.39 is 40.4 Å². The zero-order chi connectivity index (χ0) is 27.6. The van der Waals surface area contributed by atoms with Crippen LogP contribution in [-0.2, 0) is 14.4 Å². The molecule has 1 aliphatic heterocycles. The third-order valence-corrected chi connectivity index (χ3v) is 8.67. The van der Waals surface area contributed by atoms with Gasteiger partial charge in [0.1, 0.15) is 5.75 Å². The highest BCUT2D eigenvalue weighted by atomic mass is 32.2. The van der Waals surface area contributed by atoms with E-state index in [-0.39, 0.29) is 15.6 Å². The molecule has 0 unspecified atom stereocenters. The quantitative estimate of drug-likeness (QED) is 0.138. The van der Waals surface area contributed by atoms with Gasteiger partial charge in [-0.25, -0.2) is 4.79 Å². The van der Waals surface area contributed by atoms with Crippen LogP contribution < -0.4 is 4.74 Å². The fraction of sp³-hybridized carbons (Fsp3) is 0.538. The van der Waals surface area contributed by atoms with E-state index in [1.165, 1.54) is 18.7 Å². The van der Waals surface area contributed by atoms with E-state index in [1.54, 1.807) is 45.0 Å². The number of hydrogen-bond acceptors (Lipinski definition) is 8. The Hall–Kier alpha value is -1.88. The molecule has 2 N–H and O–H groups in total. The maximum Gasteiger partial charge on any atom is 0.357 e. The maximum atomic E-state index is 13.0. The first-order valence-corrected chi connectivity index (χ1v) is 13.9. The Morgan fingerprint density at radius 2 is 1.67 bits per heavy atom. The molecule has 36 heavy (non-hydrogen) atoms. The number of β-lactam (4-membered cyclic amide) rings is 1. The van der Waals surface area contributed by atoms with Gasteiger partial charge in [-0.3, -0.25) is 14.5 Å². The summed E-state index contributed by atoms with van der Waals surface area (Å²) >= 11 is 7.56. The highest BCUT2D eigenvalue weighted by molar-refractivity contribution is 8.16. The van der Waals surface area contributed by atoms with Crippen LogP contribution in [0.2, 0.25) is 0 Å². The summed E-state index contributed by atoms with van der Waals surface area (Å²) in [7, 11) is 0. The Morgan fingerprint density at radius 1 is 1.11 bits per heavy atom. The van der Waals surface area contributed by atoms with Gasteiger partial charge in [0.2, 0.25) is 11.0 Å². The fourth-order valence-electron chi connectivity index (χ4n) is 3.38. The predicted octanol–water partition coefficient (Wildman–Crippen LogP) is 5.31. The molecule has 1 aliphatic rings. The van der Waals surface area contributed by atoms with Gasteiger partial charge < -0.3 is 14.9 Å². The standard InChI is InChI=1S/C26H35NO6S3/c1-9-35-21-17(14(2)28)20(29)27(21)18(22(30)31)23(36-24(32)26(6,7)8)33-16-12-10-15(11-13-16)19(34)25(3,4)5/h10-14,17,21,28H,9H2,1-8H3,(H,30,31)/t14-,17+,21-/m1/s1. The number of carbonyl (C=O) groups is 3. The van der Waals surface area contributed by atoms with Crippen LogP contribution in [0.1, 0.15) is 61.0 Å². The summed E-state index contributed by atoms with van der Waals surface area (Å²) in [6.45, 7) is 14.6. The number of rotatable bonds is 9. The van der Waals surface area contributed by atoms with Gasteiger partial charge in [0.15, 0.2) is 10.8 Å². The van der Waals surface area contributed by atoms with Crippen LogP contribution in [0.3, 0.4) is 0 Å². The number of benzene rings is 1. The minimum absolute atomic E-state index is 0.201. The number of amides is 1. The van der Waals surface area contributed by atoms with E-state index in [0.29, 0.717) is 23.3 Å². The van der Waals surface area contributed by atoms with Crippen LogP contribution >= 0.6 is 35.7 Å². The number of thioether (sulfide) groups is 2. The van der Waals surface area contributed by atoms with Gasteiger partial charge in [0.05, 0.1) is 17.4 Å². The van der Waals surface area contributed by atoms with E-state index in [2.05, 4.69) is 0 Å². The van der Waals surface area contributed by atoms with E-state index in [9.17, 15) is 24.6 Å². The average molecular weight is 554 g/mol. The Balaban J connectivity index is 2.57. The lowest BCUT2D eigenvalue weighted by molar-refractivity contribution is -0.157. The molecular formula is C26H35NO6S3. The number of aliphatic hydroxyl groups excluding tert-OH is 1. The van der Waals surface area contributed by atoms with Crippen LogP contribution in [-0.4, -0.2) is 54.2 Å². The lowest BCUT2D eigenvalue weighted by atomic mass is 9.88. The number of hydrogen-bond donors (Lipinski definition) is 2. The van der Waals surface area contributed by atoms with Crippen molar-refractivity contribution >= 4 is 57.6 Å². The molecule has 1 aromatic rings. The van der Waals surface area contributed by atoms with Gasteiger partial charge in [-0.1, -0.05) is 72.8 Å². The number of carboxylic acids is 1. The number of likely N-dealkylation sites (tertiary alicyclic amines) is 1. The van der Waals surface area contributed by atoms with Crippen molar-refractivity contribution in [1.29, 1.82) is 0 Å². The normalized spacial score (nSPS) is 19.8. The van der Waals surface area contributed by atoms with E-state index in [1.807, 2.05) is 27.7 Å². The van der Waals surface area contributed by atoms with Crippen molar-refractivity contribution in [2.75, 3.05) is 5.75 Å². The molecule has 1 amide bonds. The predicted molar refractivity (Wildman–Crippen MR) is 149 cm³/mol. The number of thiocarbonyl (C=S) groups is 1. The molecule has 2 rings (SSSR count). The van der Waals surface area contributed by atoms with Crippen molar-refractivity contribution in [2.24, 2.45) is 16.7 Å². The van der Waals surface area contributed by atoms with Crippen LogP contribution in [0.5, 0.6) is 5.75 Å². The van der Waals surface area contributed by atoms with Crippen molar-refractivity contribution in [3.8, 4) is 5.75 Å². The third kappa shape index (κ3) is 6.90. The first kappa shape index (κ1) is 30.3. The SMILES string of the molecule is CCS[C@@H]1[C@@H]([C@@H](C)O)C(=O)N1C(C(=O)O)=C(Oc1ccc(C(=S)C(C)(C)C)cc1)SC(=O)C(C)(C)C. The van der Waals surface area contributed by atoms with E-state index in [4.69, 9.17) is 17.0 Å². The zero-order valence-corrected chi connectivity index (χ0v) is 24.4. The molecule has 0 spiro atoms. The van der Waals surface area contributed by atoms with Gasteiger partial charge in [-0.15, -0.1) is 11.8 Å². The molecule has 7 nitrogen and oxygen atoms in total. The smallest absolute Gasteiger partial charge is 0.357 e. The second-order valence-corrected chi connectivity index (χ2v) is 13.4. The van der Waals surface area contributed by atoms with Crippen molar-refractivity contribution in [3.05, 3.63) is 40.6 Å². The van der Waals surface area contributed by atoms with Gasteiger partial charge in [-0.2, -0.15) is 0 Å². The van der Waals surface area contributed by atoms with E-state index >= 15 is 0 Å². The summed E-state index contributed by atoms with van der Waals surface area (Å²) in [4.78, 5) is 40.3. The first-order valence-electron chi connectivity index (χ1n) is 11.7. The maximum absolute atomic E-state index is 13.0. The number of nitrogens with zero attached hydrogens (tertiary/aromatic N) is 1. The fourth-order valence-corrected chi connectivity index (χ4v) is 5.66. The second kappa shape index (κ2) is 11.7. The van der Waals surface area contributed by atoms with Gasteiger partial charge in [-0.05, 0) is 47.5 Å². The molecule has 1 saturated heterocycles. The van der Waals surface area contributed by atoms with Crippen molar-refractivity contribution < 1.29 is 29.3 Å². The summed E-state index contributed by atoms with van der Waals surface area (Å²) in [5, 5.41) is 19.2. The lowest BCUT2D eigenvalue weighted by Crippen LogP contribution is -2.63. The van der Waals surface area contributed by atoms with Crippen LogP contribution in [0.25, 0.3) is 0 Å². The monoisotopic (exact) mass is 553 g/mol. The lowest BCUT2D eigenvalue weighted by Gasteiger charge is -2.47. The first-order chi connectivity index (χ1) is 16.5. The van der Waals surface area contributed by atoms with Crippen LogP contribution in [0.4, 0.5) is 0 Å². The molecule has 0 aromatic heterocycles. The molecule has 198 valence electrons. The highest BCUT2D eigenvalue weighted by Gasteiger charge is 2.54. The number of ether oxygens (including phenoxy) is 1. The summed E-state index contributed by atoms with van der Waals surface area (Å²) in [5.41, 5.74) is -0.577. The number of carbonyl (C=O) groups excluding carboxylic acids is 2. The molecule has 0 bridgehead atoms. The summed E-state index contributed by atoms with van der Waals surface area (Å²) < 4.78 is 5.98. The minimum atomic E-state index is -1.40. The summed E-state index contributed by atoms with van der Waals surface area (Å²) in [5.74, 6) is -1.76. The molecule has 3 atom stereocenters. The largest absolute Gasteiger partial charge is 0.476 e. The molecule has 0 aliphatic carbocycles. The molecule has 1 fully saturated rings. The second-order valence-electron chi connectivity index (χ2n) is 10.6. The van der Waals surface area contributed by atoms with Crippen molar-refractivity contribution in [3.63, 3.8) is 0 Å². The van der Waals surface area contributed by atoms with Gasteiger partial charge in [0.25, 0.3) is 0 Å². The van der Waals surface area contributed by atoms with E-state index in [0.717, 1.165) is 15.3 Å². The molecule has 1 heterocycles. The van der Waals surface area contributed by atoms with Gasteiger partial charge >= 0.3 is 5.97 Å². The Kier molecular flexibility index (Phi) is 9.83. The van der Waals surface area contributed by atoms with Crippen LogP contribution in [0.15, 0.2) is 35.1 Å². The van der Waals surface area contributed by atoms with Gasteiger partial charge in [0, 0.05) is 10.3 Å². The summed E-state index contributed by atoms with van der Waals surface area (Å²) in [6.07, 6.45) is -0.944. The Bertz CT molecular complexity index is 1050. The Morgan fingerprint density at radius 3 is 2.08 bits per heavy atom. The average Bonchev–Trinajstić information content (AvgIpc) is 2.74. The molecule has 0 saturated carbocycles. The minimum Gasteiger partial charge on any atom is -0.476 e. The highest BCUT2D eigenvalue weighted by Crippen LogP contribution is 2.43. The molecule has 0 radical (unpaired) electrons. The molecular weight excluding hydrogens is 518 g/mol. The topological polar surface area (TPSA) is 104 Å². The summed E-state index contributed by atoms with van der Waals surface area (Å²) in [6, 6.07) is 6.88. The number of aliphatic hydroxyl groups is 1. The zero-order valence-electron chi connectivity index (χ0n) is 21.9. The Labute approximate surface area is 227 Å².